The van der Waals surface area contributed by atoms with Crippen LogP contribution in [-0.2, 0) is 0 Å². The van der Waals surface area contributed by atoms with Crippen molar-refractivity contribution < 1.29 is 0 Å². The predicted octanol–water partition coefficient (Wildman–Crippen LogP) is 6.13. The molecule has 24 heavy (non-hydrogen) atoms. The lowest BCUT2D eigenvalue weighted by molar-refractivity contribution is 0.966. The highest BCUT2D eigenvalue weighted by atomic mass is 14.9. The van der Waals surface area contributed by atoms with Gasteiger partial charge in [0.05, 0.1) is 0 Å². The number of nitrogens with one attached hydrogen (secondary N) is 2. The summed E-state index contributed by atoms with van der Waals surface area (Å²) < 4.78 is 0. The van der Waals surface area contributed by atoms with Crippen molar-refractivity contribution in [2.45, 2.75) is 25.7 Å². The molecular weight excluding hydrogens is 292 g/mol. The molecule has 2 nitrogen and oxygen atoms in total. The van der Waals surface area contributed by atoms with Gasteiger partial charge >= 0.3 is 0 Å². The van der Waals surface area contributed by atoms with Crippen LogP contribution < -0.4 is 10.6 Å². The third-order valence-corrected chi connectivity index (χ3v) is 4.51. The Morgan fingerprint density at radius 2 is 1.50 bits per heavy atom. The molecule has 0 bridgehead atoms. The van der Waals surface area contributed by atoms with Crippen molar-refractivity contribution in [2.75, 3.05) is 10.6 Å². The Labute approximate surface area is 143 Å². The fourth-order valence-corrected chi connectivity index (χ4v) is 3.24. The van der Waals surface area contributed by atoms with Gasteiger partial charge in [0.2, 0.25) is 0 Å². The zero-order chi connectivity index (χ0) is 16.2. The molecule has 0 spiro atoms. The maximum absolute atomic E-state index is 3.59. The van der Waals surface area contributed by atoms with E-state index in [0.29, 0.717) is 0 Å². The molecule has 0 unspecified atom stereocenters. The average molecular weight is 314 g/mol. The summed E-state index contributed by atoms with van der Waals surface area (Å²) in [5, 5.41) is 9.65. The van der Waals surface area contributed by atoms with Gasteiger partial charge in [-0.05, 0) is 61.4 Å². The quantitative estimate of drug-likeness (QED) is 0.709. The highest BCUT2D eigenvalue weighted by Crippen LogP contribution is 2.29. The lowest BCUT2D eigenvalue weighted by Crippen LogP contribution is -2.02. The SMILES string of the molecule is C1=CCCC(Nc2ccc3c(NC4=CC=CCC4)cccc3c2)=C1. The predicted molar refractivity (Wildman–Crippen MR) is 104 cm³/mol. The molecule has 2 N–H and O–H groups in total. The van der Waals surface area contributed by atoms with Crippen molar-refractivity contribution in [3.63, 3.8) is 0 Å². The van der Waals surface area contributed by atoms with Gasteiger partial charge in [0.25, 0.3) is 0 Å². The van der Waals surface area contributed by atoms with Crippen molar-refractivity contribution in [1.82, 2.24) is 0 Å². The lowest BCUT2D eigenvalue weighted by Gasteiger charge is -2.16. The van der Waals surface area contributed by atoms with Gasteiger partial charge in [-0.15, -0.1) is 0 Å². The van der Waals surface area contributed by atoms with Crippen LogP contribution >= 0.6 is 0 Å². The molecule has 0 saturated carbocycles. The van der Waals surface area contributed by atoms with Crippen LogP contribution in [0, 0.1) is 0 Å². The summed E-state index contributed by atoms with van der Waals surface area (Å²) in [4.78, 5) is 0. The minimum absolute atomic E-state index is 1.08. The molecule has 2 aliphatic carbocycles. The number of benzene rings is 2. The van der Waals surface area contributed by atoms with E-state index in [-0.39, 0.29) is 0 Å². The lowest BCUT2D eigenvalue weighted by atomic mass is 10.1. The molecule has 0 amide bonds. The zero-order valence-corrected chi connectivity index (χ0v) is 13.8. The summed E-state index contributed by atoms with van der Waals surface area (Å²) in [5.74, 6) is 0. The summed E-state index contributed by atoms with van der Waals surface area (Å²) in [6.45, 7) is 0. The second-order valence-electron chi connectivity index (χ2n) is 6.31. The van der Waals surface area contributed by atoms with E-state index in [4.69, 9.17) is 0 Å². The van der Waals surface area contributed by atoms with Gasteiger partial charge in [-0.3, -0.25) is 0 Å². The van der Waals surface area contributed by atoms with Gasteiger partial charge in [0.15, 0.2) is 0 Å². The Kier molecular flexibility index (Phi) is 4.20. The first-order valence-corrected chi connectivity index (χ1v) is 8.67. The van der Waals surface area contributed by atoms with E-state index < -0.39 is 0 Å². The van der Waals surface area contributed by atoms with E-state index in [1.807, 2.05) is 0 Å². The van der Waals surface area contributed by atoms with Crippen LogP contribution in [0.2, 0.25) is 0 Å². The van der Waals surface area contributed by atoms with Gasteiger partial charge in [-0.2, -0.15) is 0 Å². The topological polar surface area (TPSA) is 24.1 Å². The van der Waals surface area contributed by atoms with Gasteiger partial charge in [-0.1, -0.05) is 42.5 Å². The molecule has 4 rings (SSSR count). The third kappa shape index (κ3) is 3.28. The molecule has 0 saturated heterocycles. The van der Waals surface area contributed by atoms with E-state index in [2.05, 4.69) is 83.5 Å². The Hall–Kier alpha value is -2.74. The van der Waals surface area contributed by atoms with Crippen LogP contribution in [0.4, 0.5) is 11.4 Å². The van der Waals surface area contributed by atoms with Crippen LogP contribution in [0.25, 0.3) is 10.8 Å². The van der Waals surface area contributed by atoms with Gasteiger partial charge in [0, 0.05) is 28.2 Å². The summed E-state index contributed by atoms with van der Waals surface area (Å²) in [5.41, 5.74) is 4.90. The molecule has 2 aromatic carbocycles. The molecule has 120 valence electrons. The molecule has 2 heteroatoms. The van der Waals surface area contributed by atoms with E-state index in [9.17, 15) is 0 Å². The van der Waals surface area contributed by atoms with E-state index >= 15 is 0 Å². The largest absolute Gasteiger partial charge is 0.359 e. The molecule has 0 aliphatic heterocycles. The third-order valence-electron chi connectivity index (χ3n) is 4.51. The number of fused-ring (bicyclic) bond motifs is 1. The number of hydrogen-bond donors (Lipinski definition) is 2. The van der Waals surface area contributed by atoms with Crippen LogP contribution in [0.1, 0.15) is 25.7 Å². The molecule has 2 aliphatic rings. The fourth-order valence-electron chi connectivity index (χ4n) is 3.24. The molecule has 0 heterocycles. The first-order valence-electron chi connectivity index (χ1n) is 8.67. The first kappa shape index (κ1) is 14.8. The first-order chi connectivity index (χ1) is 11.9. The minimum atomic E-state index is 1.08. The highest BCUT2D eigenvalue weighted by Gasteiger charge is 2.06. The van der Waals surface area contributed by atoms with E-state index in [1.54, 1.807) is 0 Å². The van der Waals surface area contributed by atoms with Gasteiger partial charge in [-0.25, -0.2) is 0 Å². The number of anilines is 2. The Morgan fingerprint density at radius 3 is 2.21 bits per heavy atom. The van der Waals surface area contributed by atoms with Crippen LogP contribution in [0.5, 0.6) is 0 Å². The Bertz CT molecular complexity index is 869. The molecule has 0 aromatic heterocycles. The average Bonchev–Trinajstić information content (AvgIpc) is 2.63. The maximum Gasteiger partial charge on any atom is 0.0461 e. The monoisotopic (exact) mass is 314 g/mol. The fraction of sp³-hybridized carbons (Fsp3) is 0.182. The maximum atomic E-state index is 3.59. The number of hydrogen-bond acceptors (Lipinski definition) is 2. The molecule has 2 aromatic rings. The minimum Gasteiger partial charge on any atom is -0.359 e. The molecular formula is C22H22N2. The van der Waals surface area contributed by atoms with Crippen molar-refractivity contribution in [2.24, 2.45) is 0 Å². The molecule has 0 radical (unpaired) electrons. The Morgan fingerprint density at radius 1 is 0.750 bits per heavy atom. The van der Waals surface area contributed by atoms with Crippen LogP contribution in [0.3, 0.4) is 0 Å². The van der Waals surface area contributed by atoms with Crippen LogP contribution in [-0.4, -0.2) is 0 Å². The second kappa shape index (κ2) is 6.79. The second-order valence-corrected chi connectivity index (χ2v) is 6.31. The summed E-state index contributed by atoms with van der Waals surface area (Å²) >= 11 is 0. The van der Waals surface area contributed by atoms with Crippen molar-refractivity contribution in [3.05, 3.63) is 84.2 Å². The van der Waals surface area contributed by atoms with E-state index in [0.717, 1.165) is 31.4 Å². The van der Waals surface area contributed by atoms with Gasteiger partial charge < -0.3 is 10.6 Å². The molecule has 0 fully saturated rings. The number of allylic oxidation sites excluding steroid dienone is 8. The van der Waals surface area contributed by atoms with Crippen molar-refractivity contribution >= 4 is 22.1 Å². The van der Waals surface area contributed by atoms with E-state index in [1.165, 1.54) is 27.9 Å². The zero-order valence-electron chi connectivity index (χ0n) is 13.8. The normalized spacial score (nSPS) is 16.7. The van der Waals surface area contributed by atoms with Crippen molar-refractivity contribution in [1.29, 1.82) is 0 Å². The highest BCUT2D eigenvalue weighted by molar-refractivity contribution is 5.96. The smallest absolute Gasteiger partial charge is 0.0461 e. The molecule has 0 atom stereocenters. The standard InChI is InChI=1S/C22H22N2/c1-3-9-18(10-4-1)23-20-14-15-21-17(16-20)8-7-13-22(21)24-19-11-5-2-6-12-19/h1-3,5,7-9,11,13-16,23-24H,4,6,10,12H2. The number of rotatable bonds is 4. The summed E-state index contributed by atoms with van der Waals surface area (Å²) in [6, 6.07) is 13.1. The Balaban J connectivity index is 1.61. The van der Waals surface area contributed by atoms with Crippen molar-refractivity contribution in [3.8, 4) is 0 Å². The summed E-state index contributed by atoms with van der Waals surface area (Å²) in [7, 11) is 0. The van der Waals surface area contributed by atoms with Gasteiger partial charge in [0.1, 0.15) is 0 Å². The summed E-state index contributed by atoms with van der Waals surface area (Å²) in [6.07, 6.45) is 17.4. The van der Waals surface area contributed by atoms with Crippen LogP contribution in [0.15, 0.2) is 84.2 Å².